The molecule has 10 nitrogen and oxygen atoms in total. The summed E-state index contributed by atoms with van der Waals surface area (Å²) in [5, 5.41) is 14.2. The Balaban J connectivity index is 2.53. The molecule has 10 heteroatoms. The van der Waals surface area contributed by atoms with Crippen molar-refractivity contribution < 1.29 is 28.8 Å². The third-order valence-corrected chi connectivity index (χ3v) is 4.81. The molecule has 0 saturated heterocycles. The highest BCUT2D eigenvalue weighted by Gasteiger charge is 2.44. The number of amides is 1. The number of rotatable bonds is 6. The summed E-state index contributed by atoms with van der Waals surface area (Å²) in [4.78, 5) is 53.3. The van der Waals surface area contributed by atoms with Crippen LogP contribution < -0.4 is 5.32 Å². The van der Waals surface area contributed by atoms with Crippen LogP contribution in [0.1, 0.15) is 46.1 Å². The number of hydrogen-bond acceptors (Lipinski definition) is 8. The molecule has 1 heterocycles. The summed E-state index contributed by atoms with van der Waals surface area (Å²) < 4.78 is 10.1. The fraction of sp³-hybridized carbons (Fsp3) is 0.455. The fourth-order valence-electron chi connectivity index (χ4n) is 3.64. The first-order chi connectivity index (χ1) is 14.9. The molecule has 0 bridgehead atoms. The first-order valence-electron chi connectivity index (χ1n) is 9.94. The Bertz CT molecular complexity index is 1010. The zero-order valence-corrected chi connectivity index (χ0v) is 18.9. The van der Waals surface area contributed by atoms with Crippen molar-refractivity contribution >= 4 is 29.2 Å². The van der Waals surface area contributed by atoms with Gasteiger partial charge in [-0.25, -0.2) is 0 Å². The average Bonchev–Trinajstić information content (AvgIpc) is 2.69. The van der Waals surface area contributed by atoms with Crippen molar-refractivity contribution in [3.63, 3.8) is 0 Å². The van der Waals surface area contributed by atoms with E-state index in [2.05, 4.69) is 10.3 Å². The first kappa shape index (κ1) is 24.7. The fourth-order valence-corrected chi connectivity index (χ4v) is 3.64. The van der Waals surface area contributed by atoms with Crippen LogP contribution >= 0.6 is 0 Å². The number of ether oxygens (including phenoxy) is 2. The molecule has 0 aliphatic carbocycles. The van der Waals surface area contributed by atoms with Gasteiger partial charge in [0.1, 0.15) is 18.1 Å². The zero-order valence-electron chi connectivity index (χ0n) is 18.9. The smallest absolute Gasteiger partial charge is 0.325 e. The molecule has 1 aliphatic heterocycles. The predicted octanol–water partition coefficient (Wildman–Crippen LogP) is 2.67. The number of methoxy groups -OCH3 is 1. The molecule has 0 saturated carbocycles. The maximum atomic E-state index is 13.1. The van der Waals surface area contributed by atoms with Gasteiger partial charge in [0.25, 0.3) is 5.69 Å². The van der Waals surface area contributed by atoms with Gasteiger partial charge in [-0.2, -0.15) is 0 Å². The Morgan fingerprint density at radius 2 is 1.81 bits per heavy atom. The topological polar surface area (TPSA) is 137 Å². The van der Waals surface area contributed by atoms with E-state index < -0.39 is 46.8 Å². The lowest BCUT2D eigenvalue weighted by Gasteiger charge is -2.31. The third kappa shape index (κ3) is 5.57. The molecule has 1 N–H and O–H groups in total. The lowest BCUT2D eigenvalue weighted by Crippen LogP contribution is -2.41. The zero-order chi connectivity index (χ0) is 24.2. The van der Waals surface area contributed by atoms with Gasteiger partial charge in [0.15, 0.2) is 0 Å². The lowest BCUT2D eigenvalue weighted by atomic mass is 9.74. The summed E-state index contributed by atoms with van der Waals surface area (Å²) >= 11 is 0. The monoisotopic (exact) mass is 445 g/mol. The second-order valence-electron chi connectivity index (χ2n) is 8.32. The van der Waals surface area contributed by atoms with Gasteiger partial charge in [0.2, 0.25) is 5.91 Å². The number of hydrogen-bond donors (Lipinski definition) is 1. The average molecular weight is 445 g/mol. The Morgan fingerprint density at radius 1 is 1.19 bits per heavy atom. The standard InChI is InChI=1S/C22H27N3O7/c1-12-17(20(27)23-11-16(26)32-22(3,4)5)19(18(13(2)24-12)21(28)31-6)14-9-7-8-10-15(14)25(29)30/h7-10,18-19H,11H2,1-6H3,(H,23,27). The van der Waals surface area contributed by atoms with Crippen LogP contribution in [-0.2, 0) is 23.9 Å². The van der Waals surface area contributed by atoms with Gasteiger partial charge in [0.05, 0.1) is 12.0 Å². The second-order valence-corrected chi connectivity index (χ2v) is 8.32. The molecule has 1 aromatic carbocycles. The molecule has 0 aromatic heterocycles. The minimum atomic E-state index is -1.05. The van der Waals surface area contributed by atoms with E-state index in [4.69, 9.17) is 9.47 Å². The van der Waals surface area contributed by atoms with Gasteiger partial charge in [-0.15, -0.1) is 0 Å². The van der Waals surface area contributed by atoms with Crippen LogP contribution in [0.15, 0.2) is 40.5 Å². The van der Waals surface area contributed by atoms with Crippen LogP contribution in [0, 0.1) is 16.0 Å². The van der Waals surface area contributed by atoms with E-state index in [-0.39, 0.29) is 22.5 Å². The molecule has 2 rings (SSSR count). The van der Waals surface area contributed by atoms with Crippen LogP contribution in [0.4, 0.5) is 5.69 Å². The van der Waals surface area contributed by atoms with Crippen molar-refractivity contribution in [3.05, 3.63) is 51.2 Å². The summed E-state index contributed by atoms with van der Waals surface area (Å²) in [6.07, 6.45) is 0. The Kier molecular flexibility index (Phi) is 7.50. The molecular weight excluding hydrogens is 418 g/mol. The van der Waals surface area contributed by atoms with Crippen molar-refractivity contribution in [2.75, 3.05) is 13.7 Å². The second kappa shape index (κ2) is 9.71. The number of nitro groups is 1. The van der Waals surface area contributed by atoms with Crippen LogP contribution in [0.3, 0.4) is 0 Å². The van der Waals surface area contributed by atoms with Crippen LogP contribution in [0.5, 0.6) is 0 Å². The molecule has 1 aliphatic rings. The summed E-state index contributed by atoms with van der Waals surface area (Å²) in [5.74, 6) is -4.08. The molecule has 32 heavy (non-hydrogen) atoms. The number of carbonyl (C=O) groups is 3. The molecule has 0 fully saturated rings. The van der Waals surface area contributed by atoms with E-state index in [0.29, 0.717) is 5.71 Å². The van der Waals surface area contributed by atoms with Gasteiger partial charge in [-0.05, 0) is 34.6 Å². The van der Waals surface area contributed by atoms with E-state index in [1.807, 2.05) is 0 Å². The van der Waals surface area contributed by atoms with E-state index in [1.165, 1.54) is 25.3 Å². The number of para-hydroxylation sites is 1. The number of aliphatic imine (C=N–C) groups is 1. The summed E-state index contributed by atoms with van der Waals surface area (Å²) in [7, 11) is 1.19. The third-order valence-electron chi connectivity index (χ3n) is 4.81. The molecule has 0 spiro atoms. The maximum absolute atomic E-state index is 13.1. The van der Waals surface area contributed by atoms with Gasteiger partial charge in [-0.1, -0.05) is 18.2 Å². The minimum absolute atomic E-state index is 0.0452. The van der Waals surface area contributed by atoms with Crippen molar-refractivity contribution in [1.29, 1.82) is 0 Å². The molecule has 172 valence electrons. The highest BCUT2D eigenvalue weighted by Crippen LogP contribution is 2.42. The number of nitro benzene ring substituents is 1. The molecule has 1 aromatic rings. The summed E-state index contributed by atoms with van der Waals surface area (Å²) in [5.41, 5.74) is -0.111. The molecular formula is C22H27N3O7. The van der Waals surface area contributed by atoms with Crippen LogP contribution in [0.2, 0.25) is 0 Å². The molecule has 0 radical (unpaired) electrons. The van der Waals surface area contributed by atoms with Gasteiger partial charge < -0.3 is 14.8 Å². The first-order valence-corrected chi connectivity index (χ1v) is 9.94. The largest absolute Gasteiger partial charge is 0.468 e. The number of esters is 2. The molecule has 2 unspecified atom stereocenters. The Morgan fingerprint density at radius 3 is 2.38 bits per heavy atom. The lowest BCUT2D eigenvalue weighted by molar-refractivity contribution is -0.385. The Labute approximate surface area is 185 Å². The minimum Gasteiger partial charge on any atom is -0.468 e. The normalized spacial score (nSPS) is 18.5. The number of allylic oxidation sites excluding steroid dienone is 1. The maximum Gasteiger partial charge on any atom is 0.325 e. The predicted molar refractivity (Wildman–Crippen MR) is 116 cm³/mol. The van der Waals surface area contributed by atoms with E-state index in [0.717, 1.165) is 0 Å². The molecule has 1 amide bonds. The quantitative estimate of drug-likeness (QED) is 0.404. The highest BCUT2D eigenvalue weighted by molar-refractivity contribution is 6.08. The van der Waals surface area contributed by atoms with E-state index in [1.54, 1.807) is 40.7 Å². The summed E-state index contributed by atoms with van der Waals surface area (Å²) in [6.45, 7) is 7.85. The highest BCUT2D eigenvalue weighted by atomic mass is 16.6. The number of carbonyl (C=O) groups excluding carboxylic acids is 3. The van der Waals surface area contributed by atoms with E-state index >= 15 is 0 Å². The number of benzene rings is 1. The van der Waals surface area contributed by atoms with Gasteiger partial charge in [-0.3, -0.25) is 29.5 Å². The van der Waals surface area contributed by atoms with Crippen LogP contribution in [0.25, 0.3) is 0 Å². The number of nitrogens with zero attached hydrogens (tertiary/aromatic N) is 2. The van der Waals surface area contributed by atoms with Crippen molar-refractivity contribution in [1.82, 2.24) is 5.32 Å². The number of nitrogens with one attached hydrogen (secondary N) is 1. The van der Waals surface area contributed by atoms with Gasteiger partial charge in [0, 0.05) is 34.5 Å². The Hall–Kier alpha value is -3.56. The molecule has 2 atom stereocenters. The van der Waals surface area contributed by atoms with Crippen molar-refractivity contribution in [2.24, 2.45) is 10.9 Å². The van der Waals surface area contributed by atoms with Crippen molar-refractivity contribution in [3.8, 4) is 0 Å². The van der Waals surface area contributed by atoms with Crippen molar-refractivity contribution in [2.45, 2.75) is 46.1 Å². The summed E-state index contributed by atoms with van der Waals surface area (Å²) in [6, 6.07) is 5.88. The SMILES string of the molecule is COC(=O)C1C(C)=NC(C)=C(C(=O)NCC(=O)OC(C)(C)C)C1c1ccccc1[N+](=O)[O-]. The van der Waals surface area contributed by atoms with Crippen LogP contribution in [-0.4, -0.2) is 47.7 Å². The van der Waals surface area contributed by atoms with E-state index in [9.17, 15) is 24.5 Å². The van der Waals surface area contributed by atoms with Gasteiger partial charge >= 0.3 is 11.9 Å².